The van der Waals surface area contributed by atoms with Crippen LogP contribution in [0.3, 0.4) is 0 Å². The van der Waals surface area contributed by atoms with Crippen LogP contribution in [0.4, 0.5) is 0 Å². The highest BCUT2D eigenvalue weighted by Crippen LogP contribution is 2.37. The summed E-state index contributed by atoms with van der Waals surface area (Å²) in [5.41, 5.74) is 1.12. The predicted molar refractivity (Wildman–Crippen MR) is 68.1 cm³/mol. The standard InChI is InChI=1S/C14H14O5/c1-7-8(2)19-14(18)12-10(7)5-3-9(13(12)17)4-6-11(15)16/h3-8,17H,1-2H3,(H,15,16)/t7-,8-/m1/s1. The Morgan fingerprint density at radius 3 is 2.68 bits per heavy atom. The van der Waals surface area contributed by atoms with Crippen molar-refractivity contribution in [3.05, 3.63) is 34.9 Å². The summed E-state index contributed by atoms with van der Waals surface area (Å²) in [4.78, 5) is 22.3. The molecule has 0 aromatic heterocycles. The first-order valence-electron chi connectivity index (χ1n) is 5.89. The normalized spacial score (nSPS) is 22.1. The molecule has 100 valence electrons. The van der Waals surface area contributed by atoms with Crippen molar-refractivity contribution in [3.8, 4) is 5.75 Å². The van der Waals surface area contributed by atoms with Crippen LogP contribution in [0.2, 0.25) is 0 Å². The molecule has 0 saturated carbocycles. The van der Waals surface area contributed by atoms with Gasteiger partial charge in [-0.3, -0.25) is 0 Å². The third kappa shape index (κ3) is 2.31. The van der Waals surface area contributed by atoms with Crippen molar-refractivity contribution in [3.63, 3.8) is 0 Å². The maximum atomic E-state index is 11.8. The SMILES string of the molecule is C[C@H]1OC(=O)c2c(ccc(C=CC(=O)O)c2O)[C@@H]1C. The summed E-state index contributed by atoms with van der Waals surface area (Å²) in [5, 5.41) is 18.6. The molecular formula is C14H14O5. The second-order valence-corrected chi connectivity index (χ2v) is 4.54. The van der Waals surface area contributed by atoms with E-state index >= 15 is 0 Å². The number of fused-ring (bicyclic) bond motifs is 1. The fourth-order valence-electron chi connectivity index (χ4n) is 2.10. The second-order valence-electron chi connectivity index (χ2n) is 4.54. The largest absolute Gasteiger partial charge is 0.506 e. The first-order valence-corrected chi connectivity index (χ1v) is 5.89. The van der Waals surface area contributed by atoms with Crippen LogP contribution in [0.15, 0.2) is 18.2 Å². The maximum Gasteiger partial charge on any atom is 0.342 e. The van der Waals surface area contributed by atoms with E-state index in [9.17, 15) is 14.7 Å². The van der Waals surface area contributed by atoms with E-state index in [4.69, 9.17) is 9.84 Å². The number of rotatable bonds is 2. The number of benzene rings is 1. The Morgan fingerprint density at radius 1 is 1.37 bits per heavy atom. The van der Waals surface area contributed by atoms with Crippen LogP contribution in [0.25, 0.3) is 6.08 Å². The molecule has 5 heteroatoms. The average Bonchev–Trinajstić information content (AvgIpc) is 2.34. The van der Waals surface area contributed by atoms with Gasteiger partial charge in [0.15, 0.2) is 0 Å². The van der Waals surface area contributed by atoms with Gasteiger partial charge >= 0.3 is 11.9 Å². The number of hydrogen-bond acceptors (Lipinski definition) is 4. The summed E-state index contributed by atoms with van der Waals surface area (Å²) in [6.45, 7) is 3.70. The van der Waals surface area contributed by atoms with Gasteiger partial charge in [0.05, 0.1) is 0 Å². The van der Waals surface area contributed by atoms with Crippen LogP contribution in [-0.4, -0.2) is 28.3 Å². The monoisotopic (exact) mass is 262 g/mol. The molecule has 1 aliphatic heterocycles. The summed E-state index contributed by atoms with van der Waals surface area (Å²) in [6, 6.07) is 3.31. The minimum atomic E-state index is -1.12. The van der Waals surface area contributed by atoms with Gasteiger partial charge in [-0.1, -0.05) is 19.1 Å². The Hall–Kier alpha value is -2.30. The fourth-order valence-corrected chi connectivity index (χ4v) is 2.10. The van der Waals surface area contributed by atoms with Crippen LogP contribution in [0.5, 0.6) is 5.75 Å². The quantitative estimate of drug-likeness (QED) is 0.630. The minimum absolute atomic E-state index is 0.0175. The van der Waals surface area contributed by atoms with Crippen LogP contribution in [-0.2, 0) is 9.53 Å². The molecule has 5 nitrogen and oxygen atoms in total. The van der Waals surface area contributed by atoms with Crippen molar-refractivity contribution in [2.45, 2.75) is 25.9 Å². The topological polar surface area (TPSA) is 83.8 Å². The van der Waals surface area contributed by atoms with E-state index in [1.54, 1.807) is 19.1 Å². The number of hydrogen-bond donors (Lipinski definition) is 2. The number of esters is 1. The third-order valence-corrected chi connectivity index (χ3v) is 3.34. The third-order valence-electron chi connectivity index (χ3n) is 3.34. The van der Waals surface area contributed by atoms with Crippen molar-refractivity contribution in [2.24, 2.45) is 0 Å². The highest BCUT2D eigenvalue weighted by Gasteiger charge is 2.32. The van der Waals surface area contributed by atoms with E-state index in [1.165, 1.54) is 6.08 Å². The number of aliphatic carboxylic acids is 1. The number of phenolic OH excluding ortho intramolecular Hbond substituents is 1. The average molecular weight is 262 g/mol. The molecule has 0 radical (unpaired) electrons. The molecule has 19 heavy (non-hydrogen) atoms. The molecular weight excluding hydrogens is 248 g/mol. The number of carboxylic acids is 1. The predicted octanol–water partition coefficient (Wildman–Crippen LogP) is 2.15. The fraction of sp³-hybridized carbons (Fsp3) is 0.286. The number of aromatic hydroxyl groups is 1. The zero-order valence-electron chi connectivity index (χ0n) is 10.6. The minimum Gasteiger partial charge on any atom is -0.506 e. The van der Waals surface area contributed by atoms with E-state index < -0.39 is 11.9 Å². The lowest BCUT2D eigenvalue weighted by molar-refractivity contribution is -0.131. The molecule has 0 fully saturated rings. The molecule has 0 amide bonds. The van der Waals surface area contributed by atoms with Crippen molar-refractivity contribution in [2.75, 3.05) is 0 Å². The highest BCUT2D eigenvalue weighted by molar-refractivity contribution is 5.97. The lowest BCUT2D eigenvalue weighted by Crippen LogP contribution is -2.28. The number of carbonyl (C=O) groups is 2. The molecule has 2 atom stereocenters. The van der Waals surface area contributed by atoms with Gasteiger partial charge in [-0.2, -0.15) is 0 Å². The molecule has 2 N–H and O–H groups in total. The van der Waals surface area contributed by atoms with Gasteiger partial charge in [0.2, 0.25) is 0 Å². The lowest BCUT2D eigenvalue weighted by Gasteiger charge is -2.28. The Labute approximate surface area is 110 Å². The first kappa shape index (κ1) is 13.1. The Morgan fingerprint density at radius 2 is 2.05 bits per heavy atom. The summed E-state index contributed by atoms with van der Waals surface area (Å²) in [7, 11) is 0. The number of ether oxygens (including phenoxy) is 1. The summed E-state index contributed by atoms with van der Waals surface area (Å²) >= 11 is 0. The first-order chi connectivity index (χ1) is 8.91. The van der Waals surface area contributed by atoms with Crippen molar-refractivity contribution < 1.29 is 24.5 Å². The van der Waals surface area contributed by atoms with Gasteiger partial charge in [-0.25, -0.2) is 9.59 Å². The van der Waals surface area contributed by atoms with Crippen LogP contribution in [0, 0.1) is 0 Å². The van der Waals surface area contributed by atoms with Crippen molar-refractivity contribution in [1.29, 1.82) is 0 Å². The van der Waals surface area contributed by atoms with Gasteiger partial charge in [0.1, 0.15) is 17.4 Å². The van der Waals surface area contributed by atoms with Gasteiger partial charge in [0, 0.05) is 17.6 Å². The lowest BCUT2D eigenvalue weighted by atomic mass is 9.87. The van der Waals surface area contributed by atoms with E-state index in [2.05, 4.69) is 0 Å². The highest BCUT2D eigenvalue weighted by atomic mass is 16.5. The smallest absolute Gasteiger partial charge is 0.342 e. The zero-order valence-corrected chi connectivity index (χ0v) is 10.6. The molecule has 1 aromatic rings. The van der Waals surface area contributed by atoms with Crippen molar-refractivity contribution >= 4 is 18.0 Å². The molecule has 1 heterocycles. The maximum absolute atomic E-state index is 11.8. The van der Waals surface area contributed by atoms with Gasteiger partial charge < -0.3 is 14.9 Å². The van der Waals surface area contributed by atoms with Crippen LogP contribution in [0.1, 0.15) is 41.3 Å². The molecule has 0 saturated heterocycles. The van der Waals surface area contributed by atoms with E-state index in [-0.39, 0.29) is 28.9 Å². The molecule has 0 bridgehead atoms. The van der Waals surface area contributed by atoms with Crippen LogP contribution >= 0.6 is 0 Å². The summed E-state index contributed by atoms with van der Waals surface area (Å²) in [5.74, 6) is -1.96. The molecule has 0 aliphatic carbocycles. The van der Waals surface area contributed by atoms with Gasteiger partial charge in [-0.15, -0.1) is 0 Å². The molecule has 0 spiro atoms. The Balaban J connectivity index is 2.53. The van der Waals surface area contributed by atoms with E-state index in [1.807, 2.05) is 6.92 Å². The Kier molecular flexibility index (Phi) is 3.29. The number of carboxylic acid groups (broad SMARTS) is 1. The molecule has 1 aromatic carbocycles. The number of carbonyl (C=O) groups excluding carboxylic acids is 1. The number of phenols is 1. The second kappa shape index (κ2) is 4.76. The van der Waals surface area contributed by atoms with E-state index in [0.29, 0.717) is 5.56 Å². The molecule has 2 rings (SSSR count). The van der Waals surface area contributed by atoms with Gasteiger partial charge in [0.25, 0.3) is 0 Å². The van der Waals surface area contributed by atoms with Crippen molar-refractivity contribution in [1.82, 2.24) is 0 Å². The molecule has 1 aliphatic rings. The zero-order chi connectivity index (χ0) is 14.2. The summed E-state index contributed by atoms with van der Waals surface area (Å²) in [6.07, 6.45) is 1.90. The van der Waals surface area contributed by atoms with Gasteiger partial charge in [-0.05, 0) is 18.6 Å². The summed E-state index contributed by atoms with van der Waals surface area (Å²) < 4.78 is 5.15. The van der Waals surface area contributed by atoms with E-state index in [0.717, 1.165) is 6.08 Å². The Bertz CT molecular complexity index is 573. The van der Waals surface area contributed by atoms with Crippen LogP contribution < -0.4 is 0 Å². The number of cyclic esters (lactones) is 1. The molecule has 0 unspecified atom stereocenters.